The molecular weight excluding hydrogens is 415 g/mol. The van der Waals surface area contributed by atoms with Gasteiger partial charge < -0.3 is 5.32 Å². The molecule has 0 aliphatic rings. The highest BCUT2D eigenvalue weighted by Gasteiger charge is 2.29. The zero-order chi connectivity index (χ0) is 21.8. The molecule has 1 amide bonds. The average molecular weight is 441 g/mol. The van der Waals surface area contributed by atoms with Crippen LogP contribution in [0.15, 0.2) is 47.4 Å². The maximum absolute atomic E-state index is 14.3. The normalized spacial score (nSPS) is 12.2. The first-order valence-corrected chi connectivity index (χ1v) is 11.0. The summed E-state index contributed by atoms with van der Waals surface area (Å²) in [7, 11) is -4.05. The molecule has 5 nitrogen and oxygen atoms in total. The fourth-order valence-electron chi connectivity index (χ4n) is 2.52. The second-order valence-corrected chi connectivity index (χ2v) is 10.5. The monoisotopic (exact) mass is 440 g/mol. The second-order valence-electron chi connectivity index (χ2n) is 8.12. The van der Waals surface area contributed by atoms with Crippen molar-refractivity contribution in [1.29, 1.82) is 0 Å². The Hall–Kier alpha value is -1.96. The topological polar surface area (TPSA) is 66.5 Å². The quantitative estimate of drug-likeness (QED) is 0.703. The maximum Gasteiger partial charge on any atom is 0.243 e. The van der Waals surface area contributed by atoms with Crippen molar-refractivity contribution in [3.8, 4) is 0 Å². The van der Waals surface area contributed by atoms with Crippen LogP contribution >= 0.6 is 11.6 Å². The molecule has 0 heterocycles. The number of nitrogens with zero attached hydrogens (tertiary/aromatic N) is 1. The smallest absolute Gasteiger partial charge is 0.243 e. The van der Waals surface area contributed by atoms with Crippen molar-refractivity contribution >= 4 is 27.5 Å². The van der Waals surface area contributed by atoms with Crippen molar-refractivity contribution in [3.63, 3.8) is 0 Å². The molecule has 0 saturated carbocycles. The van der Waals surface area contributed by atoms with E-state index in [-0.39, 0.29) is 27.4 Å². The molecule has 0 fully saturated rings. The Morgan fingerprint density at radius 3 is 2.31 bits per heavy atom. The SMILES string of the molecule is Cc1ccc(S(=O)(=O)N(CC(=O)NCC(C)(C)C)Cc2c(F)cccc2Cl)cc1. The molecule has 0 saturated heterocycles. The van der Waals surface area contributed by atoms with Crippen molar-refractivity contribution in [1.82, 2.24) is 9.62 Å². The standard InChI is InChI=1S/C21H26ClFN2O3S/c1-15-8-10-16(11-9-15)29(27,28)25(13-20(26)24-14-21(2,3)4)12-17-18(22)6-5-7-19(17)23/h5-11H,12-14H2,1-4H3,(H,24,26). The van der Waals surface area contributed by atoms with E-state index in [4.69, 9.17) is 11.6 Å². The number of rotatable bonds is 7. The van der Waals surface area contributed by atoms with Gasteiger partial charge in [0.15, 0.2) is 0 Å². The summed E-state index contributed by atoms with van der Waals surface area (Å²) in [6, 6.07) is 10.4. The largest absolute Gasteiger partial charge is 0.354 e. The van der Waals surface area contributed by atoms with Gasteiger partial charge in [-0.05, 0) is 36.6 Å². The van der Waals surface area contributed by atoms with Crippen LogP contribution < -0.4 is 5.32 Å². The van der Waals surface area contributed by atoms with Gasteiger partial charge in [-0.25, -0.2) is 12.8 Å². The van der Waals surface area contributed by atoms with E-state index in [1.807, 2.05) is 27.7 Å². The third-order valence-corrected chi connectivity index (χ3v) is 6.35. The van der Waals surface area contributed by atoms with E-state index < -0.39 is 28.3 Å². The van der Waals surface area contributed by atoms with Crippen LogP contribution in [-0.4, -0.2) is 31.7 Å². The molecule has 0 spiro atoms. The Bertz CT molecular complexity index is 950. The summed E-state index contributed by atoms with van der Waals surface area (Å²) in [5, 5.41) is 2.83. The number of halogens is 2. The Kier molecular flexibility index (Phi) is 7.43. The van der Waals surface area contributed by atoms with Gasteiger partial charge in [-0.15, -0.1) is 0 Å². The molecular formula is C21H26ClFN2O3S. The highest BCUT2D eigenvalue weighted by molar-refractivity contribution is 7.89. The number of aryl methyl sites for hydroxylation is 1. The summed E-state index contributed by atoms with van der Waals surface area (Å²) < 4.78 is 41.6. The molecule has 0 bridgehead atoms. The lowest BCUT2D eigenvalue weighted by Crippen LogP contribution is -2.42. The molecule has 2 rings (SSSR count). The van der Waals surface area contributed by atoms with E-state index in [2.05, 4.69) is 5.32 Å². The Balaban J connectivity index is 2.37. The summed E-state index contributed by atoms with van der Waals surface area (Å²) in [5.41, 5.74) is 0.759. The fraction of sp³-hybridized carbons (Fsp3) is 0.381. The average Bonchev–Trinajstić information content (AvgIpc) is 2.62. The van der Waals surface area contributed by atoms with Crippen LogP contribution in [0.2, 0.25) is 5.02 Å². The first-order chi connectivity index (χ1) is 13.4. The van der Waals surface area contributed by atoms with Gasteiger partial charge in [0.05, 0.1) is 11.4 Å². The predicted octanol–water partition coefficient (Wildman–Crippen LogP) is 4.14. The first-order valence-electron chi connectivity index (χ1n) is 9.16. The molecule has 158 valence electrons. The number of carbonyl (C=O) groups is 1. The van der Waals surface area contributed by atoms with Crippen LogP contribution in [0.5, 0.6) is 0 Å². The Morgan fingerprint density at radius 1 is 1.14 bits per heavy atom. The lowest BCUT2D eigenvalue weighted by Gasteiger charge is -2.24. The second kappa shape index (κ2) is 9.24. The summed E-state index contributed by atoms with van der Waals surface area (Å²) in [5.74, 6) is -1.10. The van der Waals surface area contributed by atoms with Gasteiger partial charge in [-0.2, -0.15) is 4.31 Å². The van der Waals surface area contributed by atoms with Crippen molar-refractivity contribution < 1.29 is 17.6 Å². The maximum atomic E-state index is 14.3. The number of sulfonamides is 1. The molecule has 0 radical (unpaired) electrons. The van der Waals surface area contributed by atoms with Crippen molar-refractivity contribution in [2.75, 3.05) is 13.1 Å². The van der Waals surface area contributed by atoms with Gasteiger partial charge in [0, 0.05) is 23.7 Å². The minimum absolute atomic E-state index is 0.0217. The highest BCUT2D eigenvalue weighted by Crippen LogP contribution is 2.25. The summed E-state index contributed by atoms with van der Waals surface area (Å²) in [4.78, 5) is 12.5. The first kappa shape index (κ1) is 23.3. The van der Waals surface area contributed by atoms with Crippen LogP contribution in [0.25, 0.3) is 0 Å². The van der Waals surface area contributed by atoms with E-state index >= 15 is 0 Å². The van der Waals surface area contributed by atoms with Crippen molar-refractivity contribution in [2.24, 2.45) is 5.41 Å². The number of carbonyl (C=O) groups excluding carboxylic acids is 1. The Labute approximate surface area is 176 Å². The summed E-state index contributed by atoms with van der Waals surface area (Å²) in [6.07, 6.45) is 0. The minimum atomic E-state index is -4.05. The van der Waals surface area contributed by atoms with Gasteiger partial charge in [-0.1, -0.05) is 56.1 Å². The van der Waals surface area contributed by atoms with Gasteiger partial charge >= 0.3 is 0 Å². The van der Waals surface area contributed by atoms with Crippen LogP contribution in [0.1, 0.15) is 31.9 Å². The zero-order valence-corrected chi connectivity index (χ0v) is 18.6. The van der Waals surface area contributed by atoms with Crippen molar-refractivity contribution in [3.05, 3.63) is 64.4 Å². The predicted molar refractivity (Wildman–Crippen MR) is 113 cm³/mol. The number of benzene rings is 2. The van der Waals surface area contributed by atoms with E-state index in [1.165, 1.54) is 30.3 Å². The van der Waals surface area contributed by atoms with E-state index in [0.717, 1.165) is 9.87 Å². The molecule has 2 aromatic carbocycles. The van der Waals surface area contributed by atoms with Crippen LogP contribution in [0.3, 0.4) is 0 Å². The van der Waals surface area contributed by atoms with Gasteiger partial charge in [0.1, 0.15) is 5.82 Å². The minimum Gasteiger partial charge on any atom is -0.354 e. The molecule has 0 aliphatic carbocycles. The summed E-state index contributed by atoms with van der Waals surface area (Å²) >= 11 is 6.09. The van der Waals surface area contributed by atoms with E-state index in [9.17, 15) is 17.6 Å². The van der Waals surface area contributed by atoms with Crippen LogP contribution in [0.4, 0.5) is 4.39 Å². The lowest BCUT2D eigenvalue weighted by molar-refractivity contribution is -0.121. The van der Waals surface area contributed by atoms with Crippen LogP contribution in [-0.2, 0) is 21.4 Å². The lowest BCUT2D eigenvalue weighted by atomic mass is 9.97. The molecule has 0 aliphatic heterocycles. The van der Waals surface area contributed by atoms with Crippen molar-refractivity contribution in [2.45, 2.75) is 39.1 Å². The number of hydrogen-bond donors (Lipinski definition) is 1. The number of hydrogen-bond acceptors (Lipinski definition) is 3. The third kappa shape index (κ3) is 6.52. The molecule has 1 N–H and O–H groups in total. The van der Waals surface area contributed by atoms with Crippen LogP contribution in [0, 0.1) is 18.2 Å². The molecule has 0 unspecified atom stereocenters. The molecule has 29 heavy (non-hydrogen) atoms. The molecule has 8 heteroatoms. The summed E-state index contributed by atoms with van der Waals surface area (Å²) in [6.45, 7) is 7.27. The molecule has 0 atom stereocenters. The zero-order valence-electron chi connectivity index (χ0n) is 17.0. The number of nitrogens with one attached hydrogen (secondary N) is 1. The fourth-order valence-corrected chi connectivity index (χ4v) is 4.11. The Morgan fingerprint density at radius 2 is 1.76 bits per heavy atom. The third-order valence-electron chi connectivity index (χ3n) is 4.19. The van der Waals surface area contributed by atoms with E-state index in [1.54, 1.807) is 12.1 Å². The van der Waals surface area contributed by atoms with Gasteiger partial charge in [0.25, 0.3) is 0 Å². The molecule has 2 aromatic rings. The van der Waals surface area contributed by atoms with E-state index in [0.29, 0.717) is 6.54 Å². The van der Waals surface area contributed by atoms with Gasteiger partial charge in [0.2, 0.25) is 15.9 Å². The molecule has 0 aromatic heterocycles. The highest BCUT2D eigenvalue weighted by atomic mass is 35.5. The van der Waals surface area contributed by atoms with Gasteiger partial charge in [-0.3, -0.25) is 4.79 Å². The number of amides is 1.